The van der Waals surface area contributed by atoms with Crippen molar-refractivity contribution in [2.45, 2.75) is 25.6 Å². The first-order valence-electron chi connectivity index (χ1n) is 4.93. The molecule has 0 amide bonds. The molecule has 0 fully saturated rings. The summed E-state index contributed by atoms with van der Waals surface area (Å²) in [7, 11) is 0. The lowest BCUT2D eigenvalue weighted by molar-refractivity contribution is 0.00401. The number of rotatable bonds is 4. The van der Waals surface area contributed by atoms with Crippen molar-refractivity contribution in [2.75, 3.05) is 6.61 Å². The normalized spacial score (nSPS) is 14.2. The third-order valence-corrected chi connectivity index (χ3v) is 2.34. The summed E-state index contributed by atoms with van der Waals surface area (Å²) < 4.78 is 0. The van der Waals surface area contributed by atoms with Crippen molar-refractivity contribution < 1.29 is 15.3 Å². The minimum absolute atomic E-state index is 0.0974. The lowest BCUT2D eigenvalue weighted by atomic mass is 10.0. The molecule has 2 atom stereocenters. The van der Waals surface area contributed by atoms with E-state index in [1.165, 1.54) is 6.20 Å². The van der Waals surface area contributed by atoms with Gasteiger partial charge in [0.05, 0.1) is 6.10 Å². The monoisotopic (exact) mass is 222 g/mol. The summed E-state index contributed by atoms with van der Waals surface area (Å²) in [6.45, 7) is 1.51. The van der Waals surface area contributed by atoms with E-state index >= 15 is 0 Å². The molecule has 86 valence electrons. The first-order valence-corrected chi connectivity index (χ1v) is 4.93. The molecular weight excluding hydrogens is 208 g/mol. The smallest absolute Gasteiger partial charge is 0.143 e. The van der Waals surface area contributed by atoms with Gasteiger partial charge in [-0.2, -0.15) is 5.26 Å². The van der Waals surface area contributed by atoms with Crippen LogP contribution in [0.1, 0.15) is 29.3 Å². The Morgan fingerprint density at radius 1 is 1.50 bits per heavy atom. The van der Waals surface area contributed by atoms with E-state index in [1.807, 2.05) is 6.07 Å². The second kappa shape index (κ2) is 5.56. The van der Waals surface area contributed by atoms with Crippen molar-refractivity contribution in [2.24, 2.45) is 0 Å². The van der Waals surface area contributed by atoms with Gasteiger partial charge in [0.1, 0.15) is 17.9 Å². The van der Waals surface area contributed by atoms with Gasteiger partial charge in [-0.15, -0.1) is 0 Å². The van der Waals surface area contributed by atoms with E-state index < -0.39 is 12.2 Å². The Labute approximate surface area is 93.6 Å². The first kappa shape index (κ1) is 12.6. The highest BCUT2D eigenvalue weighted by Crippen LogP contribution is 2.19. The summed E-state index contributed by atoms with van der Waals surface area (Å²) in [5.41, 5.74) is 1.39. The summed E-state index contributed by atoms with van der Waals surface area (Å²) in [6, 6.07) is 3.53. The van der Waals surface area contributed by atoms with Crippen LogP contribution < -0.4 is 0 Å². The maximum atomic E-state index is 9.72. The molecule has 3 N–H and O–H groups in total. The summed E-state index contributed by atoms with van der Waals surface area (Å²) in [5, 5.41) is 36.5. The minimum Gasteiger partial charge on any atom is -0.396 e. The standard InChI is InChI=1S/C11H14N2O3/c1-7-4-8(6-13-9(7)5-12)11(16)10(15)2-3-14/h4,6,10-11,14-16H,2-3H2,1H3. The van der Waals surface area contributed by atoms with Crippen LogP contribution in [0.3, 0.4) is 0 Å². The molecule has 1 heterocycles. The molecule has 0 radical (unpaired) electrons. The topological polar surface area (TPSA) is 97.4 Å². The number of aryl methyl sites for hydroxylation is 1. The number of aliphatic hydroxyl groups excluding tert-OH is 3. The van der Waals surface area contributed by atoms with E-state index in [0.717, 1.165) is 0 Å². The average molecular weight is 222 g/mol. The van der Waals surface area contributed by atoms with E-state index in [-0.39, 0.29) is 13.0 Å². The Morgan fingerprint density at radius 2 is 2.19 bits per heavy atom. The van der Waals surface area contributed by atoms with E-state index in [1.54, 1.807) is 13.0 Å². The van der Waals surface area contributed by atoms with Crippen LogP contribution in [0.4, 0.5) is 0 Å². The molecule has 0 aliphatic heterocycles. The Bertz CT molecular complexity index is 401. The fraction of sp³-hybridized carbons (Fsp3) is 0.455. The fourth-order valence-electron chi connectivity index (χ4n) is 1.39. The van der Waals surface area contributed by atoms with Crippen molar-refractivity contribution >= 4 is 0 Å². The molecule has 0 saturated heterocycles. The van der Waals surface area contributed by atoms with Gasteiger partial charge in [0.25, 0.3) is 0 Å². The molecule has 16 heavy (non-hydrogen) atoms. The quantitative estimate of drug-likeness (QED) is 0.668. The van der Waals surface area contributed by atoms with Crippen molar-refractivity contribution in [1.29, 1.82) is 5.26 Å². The van der Waals surface area contributed by atoms with Crippen LogP contribution in [-0.2, 0) is 0 Å². The highest BCUT2D eigenvalue weighted by Gasteiger charge is 2.18. The third kappa shape index (κ3) is 2.76. The maximum Gasteiger partial charge on any atom is 0.143 e. The molecule has 0 aromatic carbocycles. The van der Waals surface area contributed by atoms with Gasteiger partial charge < -0.3 is 15.3 Å². The second-order valence-electron chi connectivity index (χ2n) is 3.57. The van der Waals surface area contributed by atoms with Crippen LogP contribution >= 0.6 is 0 Å². The summed E-state index contributed by atoms with van der Waals surface area (Å²) in [4.78, 5) is 3.87. The third-order valence-electron chi connectivity index (χ3n) is 2.34. The molecule has 0 aliphatic carbocycles. The Balaban J connectivity index is 2.89. The zero-order chi connectivity index (χ0) is 12.1. The van der Waals surface area contributed by atoms with Gasteiger partial charge in [-0.25, -0.2) is 4.98 Å². The number of pyridine rings is 1. The molecular formula is C11H14N2O3. The first-order chi connectivity index (χ1) is 7.60. The van der Waals surface area contributed by atoms with Crippen LogP contribution in [0.5, 0.6) is 0 Å². The van der Waals surface area contributed by atoms with Crippen molar-refractivity contribution in [3.8, 4) is 6.07 Å². The number of nitriles is 1. The van der Waals surface area contributed by atoms with Gasteiger partial charge in [-0.1, -0.05) is 0 Å². The van der Waals surface area contributed by atoms with Gasteiger partial charge in [0.2, 0.25) is 0 Å². The summed E-state index contributed by atoms with van der Waals surface area (Å²) in [6.07, 6.45) is -0.665. The van der Waals surface area contributed by atoms with Crippen LogP contribution in [0.15, 0.2) is 12.3 Å². The molecule has 1 rings (SSSR count). The van der Waals surface area contributed by atoms with Crippen LogP contribution in [-0.4, -0.2) is 33.0 Å². The number of nitrogens with zero attached hydrogens (tertiary/aromatic N) is 2. The van der Waals surface area contributed by atoms with Crippen molar-refractivity contribution in [3.05, 3.63) is 29.1 Å². The zero-order valence-corrected chi connectivity index (χ0v) is 8.96. The van der Waals surface area contributed by atoms with Crippen LogP contribution in [0.2, 0.25) is 0 Å². The number of hydrogen-bond donors (Lipinski definition) is 3. The number of aromatic nitrogens is 1. The molecule has 0 saturated carbocycles. The van der Waals surface area contributed by atoms with Crippen molar-refractivity contribution in [1.82, 2.24) is 4.98 Å². The van der Waals surface area contributed by atoms with Crippen LogP contribution in [0.25, 0.3) is 0 Å². The Hall–Kier alpha value is -1.48. The van der Waals surface area contributed by atoms with Crippen molar-refractivity contribution in [3.63, 3.8) is 0 Å². The van der Waals surface area contributed by atoms with E-state index in [2.05, 4.69) is 4.98 Å². The molecule has 5 nitrogen and oxygen atoms in total. The minimum atomic E-state index is -1.09. The largest absolute Gasteiger partial charge is 0.396 e. The van der Waals surface area contributed by atoms with Gasteiger partial charge in [0.15, 0.2) is 0 Å². The number of hydrogen-bond acceptors (Lipinski definition) is 5. The fourth-order valence-corrected chi connectivity index (χ4v) is 1.39. The molecule has 2 unspecified atom stereocenters. The van der Waals surface area contributed by atoms with Gasteiger partial charge in [-0.05, 0) is 25.0 Å². The predicted octanol–water partition coefficient (Wildman–Crippen LogP) is 0.0384. The van der Waals surface area contributed by atoms with E-state index in [9.17, 15) is 10.2 Å². The molecule has 5 heteroatoms. The Kier molecular flexibility index (Phi) is 4.38. The molecule has 0 aliphatic rings. The molecule has 0 bridgehead atoms. The summed E-state index contributed by atoms with van der Waals surface area (Å²) >= 11 is 0. The van der Waals surface area contributed by atoms with Gasteiger partial charge >= 0.3 is 0 Å². The highest BCUT2D eigenvalue weighted by atomic mass is 16.3. The van der Waals surface area contributed by atoms with E-state index in [4.69, 9.17) is 10.4 Å². The van der Waals surface area contributed by atoms with Gasteiger partial charge in [0, 0.05) is 18.4 Å². The molecule has 0 spiro atoms. The lowest BCUT2D eigenvalue weighted by Crippen LogP contribution is -2.19. The molecule has 1 aromatic heterocycles. The second-order valence-corrected chi connectivity index (χ2v) is 3.57. The number of aliphatic hydroxyl groups is 3. The Morgan fingerprint density at radius 3 is 2.69 bits per heavy atom. The predicted molar refractivity (Wildman–Crippen MR) is 56.4 cm³/mol. The van der Waals surface area contributed by atoms with Gasteiger partial charge in [-0.3, -0.25) is 0 Å². The highest BCUT2D eigenvalue weighted by molar-refractivity contribution is 5.33. The zero-order valence-electron chi connectivity index (χ0n) is 8.96. The SMILES string of the molecule is Cc1cc(C(O)C(O)CCO)cnc1C#N. The lowest BCUT2D eigenvalue weighted by Gasteiger charge is -2.17. The van der Waals surface area contributed by atoms with E-state index in [0.29, 0.717) is 16.8 Å². The molecule has 1 aromatic rings. The van der Waals surface area contributed by atoms with Crippen LogP contribution in [0, 0.1) is 18.3 Å². The average Bonchev–Trinajstić information content (AvgIpc) is 2.28. The maximum absolute atomic E-state index is 9.72. The summed E-state index contributed by atoms with van der Waals surface area (Å²) in [5.74, 6) is 0.